The largest absolute Gasteiger partial charge is 0.469 e. The van der Waals surface area contributed by atoms with Crippen molar-refractivity contribution in [1.82, 2.24) is 4.90 Å². The molecule has 1 aromatic heterocycles. The molecule has 1 saturated heterocycles. The first-order valence-corrected chi connectivity index (χ1v) is 7.34. The normalized spacial score (nSPS) is 25.6. The monoisotopic (exact) mass is 248 g/mol. The summed E-state index contributed by atoms with van der Waals surface area (Å²) in [7, 11) is 0. The van der Waals surface area contributed by atoms with Crippen molar-refractivity contribution in [2.75, 3.05) is 13.1 Å². The number of likely N-dealkylation sites (tertiary alicyclic amines) is 1. The van der Waals surface area contributed by atoms with Crippen molar-refractivity contribution in [3.63, 3.8) is 0 Å². The Hall–Kier alpha value is -0.800. The molecule has 1 aromatic rings. The maximum atomic E-state index is 6.58. The van der Waals surface area contributed by atoms with Crippen molar-refractivity contribution in [2.45, 2.75) is 56.5 Å². The number of hydrogen-bond donors (Lipinski definition) is 1. The van der Waals surface area contributed by atoms with Crippen molar-refractivity contribution in [1.29, 1.82) is 0 Å². The summed E-state index contributed by atoms with van der Waals surface area (Å²) in [4.78, 5) is 2.67. The van der Waals surface area contributed by atoms with Crippen molar-refractivity contribution in [2.24, 2.45) is 5.73 Å². The third kappa shape index (κ3) is 2.10. The van der Waals surface area contributed by atoms with E-state index in [2.05, 4.69) is 4.90 Å². The SMILES string of the molecule is NC(Cc1ccco1)C1(N2CCCC2)CCCC1. The second-order valence-electron chi connectivity index (χ2n) is 5.89. The van der Waals surface area contributed by atoms with Gasteiger partial charge in [-0.3, -0.25) is 4.90 Å². The molecular weight excluding hydrogens is 224 g/mol. The van der Waals surface area contributed by atoms with Gasteiger partial charge >= 0.3 is 0 Å². The van der Waals surface area contributed by atoms with E-state index in [1.807, 2.05) is 12.1 Å². The molecule has 3 rings (SSSR count). The molecule has 18 heavy (non-hydrogen) atoms. The molecule has 1 unspecified atom stereocenters. The van der Waals surface area contributed by atoms with Crippen LogP contribution in [0.2, 0.25) is 0 Å². The van der Waals surface area contributed by atoms with Gasteiger partial charge in [-0.15, -0.1) is 0 Å². The molecule has 1 saturated carbocycles. The molecule has 2 fully saturated rings. The van der Waals surface area contributed by atoms with Gasteiger partial charge in [0.15, 0.2) is 0 Å². The summed E-state index contributed by atoms with van der Waals surface area (Å²) >= 11 is 0. The van der Waals surface area contributed by atoms with Crippen LogP contribution in [-0.4, -0.2) is 29.6 Å². The molecular formula is C15H24N2O. The molecule has 2 heterocycles. The third-order valence-corrected chi connectivity index (χ3v) is 4.90. The Kier molecular flexibility index (Phi) is 3.44. The van der Waals surface area contributed by atoms with E-state index in [1.165, 1.54) is 51.6 Å². The highest BCUT2D eigenvalue weighted by atomic mass is 16.3. The number of furan rings is 1. The molecule has 1 aliphatic heterocycles. The van der Waals surface area contributed by atoms with Crippen molar-refractivity contribution >= 4 is 0 Å². The van der Waals surface area contributed by atoms with Crippen molar-refractivity contribution in [3.8, 4) is 0 Å². The van der Waals surface area contributed by atoms with E-state index in [9.17, 15) is 0 Å². The van der Waals surface area contributed by atoms with Crippen LogP contribution in [0, 0.1) is 0 Å². The third-order valence-electron chi connectivity index (χ3n) is 4.90. The summed E-state index contributed by atoms with van der Waals surface area (Å²) in [6, 6.07) is 4.22. The highest BCUT2D eigenvalue weighted by Gasteiger charge is 2.45. The van der Waals surface area contributed by atoms with Crippen LogP contribution in [0.4, 0.5) is 0 Å². The fourth-order valence-electron chi connectivity index (χ4n) is 3.91. The lowest BCUT2D eigenvalue weighted by Crippen LogP contribution is -2.58. The van der Waals surface area contributed by atoms with E-state index in [1.54, 1.807) is 6.26 Å². The number of nitrogens with zero attached hydrogens (tertiary/aromatic N) is 1. The molecule has 0 amide bonds. The molecule has 0 spiro atoms. The molecule has 100 valence electrons. The predicted octanol–water partition coefficient (Wildman–Crippen LogP) is 2.56. The van der Waals surface area contributed by atoms with Gasteiger partial charge < -0.3 is 10.2 Å². The number of hydrogen-bond acceptors (Lipinski definition) is 3. The Bertz CT molecular complexity index is 362. The van der Waals surface area contributed by atoms with Gasteiger partial charge in [-0.2, -0.15) is 0 Å². The van der Waals surface area contributed by atoms with Crippen LogP contribution in [0.3, 0.4) is 0 Å². The summed E-state index contributed by atoms with van der Waals surface area (Å²) in [5.74, 6) is 1.04. The zero-order valence-corrected chi connectivity index (χ0v) is 11.1. The van der Waals surface area contributed by atoms with Crippen LogP contribution < -0.4 is 5.73 Å². The molecule has 1 aliphatic carbocycles. The van der Waals surface area contributed by atoms with Crippen LogP contribution in [0.1, 0.15) is 44.3 Å². The molecule has 2 N–H and O–H groups in total. The van der Waals surface area contributed by atoms with E-state index in [0.29, 0.717) is 0 Å². The average Bonchev–Trinajstić information content (AvgIpc) is 3.12. The lowest BCUT2D eigenvalue weighted by Gasteiger charge is -2.43. The summed E-state index contributed by atoms with van der Waals surface area (Å²) in [5, 5.41) is 0. The van der Waals surface area contributed by atoms with E-state index in [4.69, 9.17) is 10.2 Å². The molecule has 0 aromatic carbocycles. The van der Waals surface area contributed by atoms with Gasteiger partial charge in [0.1, 0.15) is 5.76 Å². The first-order valence-electron chi connectivity index (χ1n) is 7.34. The minimum atomic E-state index is 0.212. The van der Waals surface area contributed by atoms with Crippen LogP contribution >= 0.6 is 0 Å². The Morgan fingerprint density at radius 3 is 2.56 bits per heavy atom. The Morgan fingerprint density at radius 1 is 1.22 bits per heavy atom. The molecule has 3 heteroatoms. The van der Waals surface area contributed by atoms with Crippen LogP contribution in [0.5, 0.6) is 0 Å². The van der Waals surface area contributed by atoms with Gasteiger partial charge in [0.25, 0.3) is 0 Å². The highest BCUT2D eigenvalue weighted by molar-refractivity contribution is 5.09. The Balaban J connectivity index is 1.76. The van der Waals surface area contributed by atoms with Crippen molar-refractivity contribution < 1.29 is 4.42 Å². The molecule has 0 radical (unpaired) electrons. The maximum absolute atomic E-state index is 6.58. The summed E-state index contributed by atoms with van der Waals surface area (Å²) in [6.07, 6.45) is 10.5. The second-order valence-corrected chi connectivity index (χ2v) is 5.89. The molecule has 1 atom stereocenters. The van der Waals surface area contributed by atoms with Crippen LogP contribution in [-0.2, 0) is 6.42 Å². The Morgan fingerprint density at radius 2 is 1.94 bits per heavy atom. The van der Waals surface area contributed by atoms with Gasteiger partial charge in [-0.25, -0.2) is 0 Å². The van der Waals surface area contributed by atoms with Gasteiger partial charge in [0, 0.05) is 18.0 Å². The van der Waals surface area contributed by atoms with E-state index in [-0.39, 0.29) is 11.6 Å². The zero-order chi connectivity index (χ0) is 12.4. The van der Waals surface area contributed by atoms with E-state index < -0.39 is 0 Å². The van der Waals surface area contributed by atoms with E-state index >= 15 is 0 Å². The zero-order valence-electron chi connectivity index (χ0n) is 11.1. The predicted molar refractivity (Wildman–Crippen MR) is 72.4 cm³/mol. The fourth-order valence-corrected chi connectivity index (χ4v) is 3.91. The fraction of sp³-hybridized carbons (Fsp3) is 0.733. The second kappa shape index (κ2) is 5.06. The summed E-state index contributed by atoms with van der Waals surface area (Å²) < 4.78 is 5.47. The molecule has 0 bridgehead atoms. The molecule has 3 nitrogen and oxygen atoms in total. The lowest BCUT2D eigenvalue weighted by atomic mass is 9.84. The number of rotatable bonds is 4. The topological polar surface area (TPSA) is 42.4 Å². The smallest absolute Gasteiger partial charge is 0.105 e. The van der Waals surface area contributed by atoms with E-state index in [0.717, 1.165) is 12.2 Å². The first-order chi connectivity index (χ1) is 8.81. The van der Waals surface area contributed by atoms with Crippen LogP contribution in [0.15, 0.2) is 22.8 Å². The lowest BCUT2D eigenvalue weighted by molar-refractivity contribution is 0.0901. The van der Waals surface area contributed by atoms with Crippen LogP contribution in [0.25, 0.3) is 0 Å². The average molecular weight is 248 g/mol. The summed E-state index contributed by atoms with van der Waals surface area (Å²) in [6.45, 7) is 2.48. The van der Waals surface area contributed by atoms with Gasteiger partial charge in [0.2, 0.25) is 0 Å². The highest BCUT2D eigenvalue weighted by Crippen LogP contribution is 2.40. The quantitative estimate of drug-likeness (QED) is 0.890. The van der Waals surface area contributed by atoms with Gasteiger partial charge in [-0.05, 0) is 50.9 Å². The van der Waals surface area contributed by atoms with Crippen molar-refractivity contribution in [3.05, 3.63) is 24.2 Å². The minimum Gasteiger partial charge on any atom is -0.469 e. The maximum Gasteiger partial charge on any atom is 0.105 e. The van der Waals surface area contributed by atoms with Gasteiger partial charge in [0.05, 0.1) is 6.26 Å². The van der Waals surface area contributed by atoms with Gasteiger partial charge in [-0.1, -0.05) is 12.8 Å². The standard InChI is InChI=1S/C15H24N2O/c16-14(12-13-6-5-11-18-13)15(7-1-2-8-15)17-9-3-4-10-17/h5-6,11,14H,1-4,7-10,12,16H2. The Labute approximate surface area is 109 Å². The summed E-state index contributed by atoms with van der Waals surface area (Å²) in [5.41, 5.74) is 6.84. The number of nitrogens with two attached hydrogens (primary N) is 1. The first kappa shape index (κ1) is 12.2. The molecule has 2 aliphatic rings. The minimum absolute atomic E-state index is 0.212.